The molecule has 1 saturated heterocycles. The molecule has 10 nitrogen and oxygen atoms in total. The first-order valence-electron chi connectivity index (χ1n) is 14.7. The Labute approximate surface area is 250 Å². The van der Waals surface area contributed by atoms with Gasteiger partial charge in [-0.25, -0.2) is 0 Å². The lowest BCUT2D eigenvalue weighted by molar-refractivity contribution is -0.153. The summed E-state index contributed by atoms with van der Waals surface area (Å²) in [5.41, 5.74) is 3.30. The Morgan fingerprint density at radius 3 is 2.17 bits per heavy atom. The molecule has 1 fully saturated rings. The zero-order chi connectivity index (χ0) is 30.7. The Morgan fingerprint density at radius 1 is 1.02 bits per heavy atom. The van der Waals surface area contributed by atoms with Gasteiger partial charge in [0.2, 0.25) is 0 Å². The lowest BCUT2D eigenvalue weighted by Gasteiger charge is -2.32. The van der Waals surface area contributed by atoms with Crippen molar-refractivity contribution in [3.8, 4) is 5.75 Å². The molecule has 3 rings (SSSR count). The summed E-state index contributed by atoms with van der Waals surface area (Å²) in [5.74, 6) is 0.775. The largest absolute Gasteiger partial charge is 0.492 e. The zero-order valence-corrected chi connectivity index (χ0v) is 25.7. The lowest BCUT2D eigenvalue weighted by atomic mass is 9.96. The highest BCUT2D eigenvalue weighted by molar-refractivity contribution is 5.75. The van der Waals surface area contributed by atoms with Gasteiger partial charge in [-0.2, -0.15) is 0 Å². The van der Waals surface area contributed by atoms with Crippen molar-refractivity contribution in [3.05, 3.63) is 66.2 Å². The van der Waals surface area contributed by atoms with Crippen LogP contribution in [0.4, 0.5) is 5.69 Å². The summed E-state index contributed by atoms with van der Waals surface area (Å²) in [5, 5.41) is 32.9. The Balaban J connectivity index is 1.39. The minimum atomic E-state index is -0.511. The first kappa shape index (κ1) is 33.4. The molecule has 0 amide bonds. The number of hydrogen-bond donors (Lipinski definition) is 6. The van der Waals surface area contributed by atoms with Crippen LogP contribution in [-0.2, 0) is 9.53 Å². The molecule has 6 N–H and O–H groups in total. The van der Waals surface area contributed by atoms with Crippen molar-refractivity contribution in [3.63, 3.8) is 0 Å². The van der Waals surface area contributed by atoms with E-state index < -0.39 is 17.8 Å². The maximum absolute atomic E-state index is 12.0. The van der Waals surface area contributed by atoms with E-state index in [0.29, 0.717) is 37.9 Å². The summed E-state index contributed by atoms with van der Waals surface area (Å²) in [4.78, 5) is 14.0. The van der Waals surface area contributed by atoms with E-state index >= 15 is 0 Å². The summed E-state index contributed by atoms with van der Waals surface area (Å²) in [6.45, 7) is 16.9. The van der Waals surface area contributed by atoms with Crippen LogP contribution in [0.25, 0.3) is 5.70 Å². The van der Waals surface area contributed by atoms with E-state index in [0.717, 1.165) is 30.1 Å². The van der Waals surface area contributed by atoms with Gasteiger partial charge in [0.1, 0.15) is 30.8 Å². The normalized spacial score (nSPS) is 18.7. The third kappa shape index (κ3) is 12.0. The third-order valence-corrected chi connectivity index (χ3v) is 6.62. The molecule has 10 heteroatoms. The van der Waals surface area contributed by atoms with Gasteiger partial charge < -0.3 is 30.3 Å². The molecule has 2 aromatic rings. The smallest absolute Gasteiger partial charge is 0.325 e. The summed E-state index contributed by atoms with van der Waals surface area (Å²) in [6, 6.07) is 16.1. The van der Waals surface area contributed by atoms with E-state index in [1.165, 1.54) is 5.56 Å². The zero-order valence-electron chi connectivity index (χ0n) is 25.7. The fraction of sp³-hybridized carbons (Fsp3) is 0.531. The molecule has 0 aliphatic carbocycles. The summed E-state index contributed by atoms with van der Waals surface area (Å²) in [7, 11) is 0. The Hall–Kier alpha value is -3.15. The molecule has 1 heterocycles. The van der Waals surface area contributed by atoms with Crippen molar-refractivity contribution in [2.24, 2.45) is 0 Å². The van der Waals surface area contributed by atoms with Gasteiger partial charge in [-0.1, -0.05) is 30.8 Å². The van der Waals surface area contributed by atoms with Gasteiger partial charge in [0.25, 0.3) is 0 Å². The molecule has 2 unspecified atom stereocenters. The summed E-state index contributed by atoms with van der Waals surface area (Å²) < 4.78 is 11.2. The minimum Gasteiger partial charge on any atom is -0.492 e. The van der Waals surface area contributed by atoms with E-state index in [4.69, 9.17) is 9.47 Å². The highest BCUT2D eigenvalue weighted by Crippen LogP contribution is 2.21. The molecule has 0 saturated carbocycles. The van der Waals surface area contributed by atoms with Gasteiger partial charge in [-0.05, 0) is 70.0 Å². The van der Waals surface area contributed by atoms with Gasteiger partial charge in [-0.15, -0.1) is 0 Å². The molecule has 1 aliphatic rings. The van der Waals surface area contributed by atoms with Crippen LogP contribution in [0.15, 0.2) is 55.1 Å². The summed E-state index contributed by atoms with van der Waals surface area (Å²) in [6.07, 6.45) is -0.976. The number of anilines is 1. The number of benzene rings is 2. The predicted octanol–water partition coefficient (Wildman–Crippen LogP) is 2.70. The fourth-order valence-electron chi connectivity index (χ4n) is 4.73. The molecular weight excluding hydrogens is 534 g/mol. The molecular formula is C32H49N5O5. The summed E-state index contributed by atoms with van der Waals surface area (Å²) >= 11 is 0. The number of aliphatic hydroxyl groups excluding tert-OH is 2. The van der Waals surface area contributed by atoms with Crippen LogP contribution in [-0.4, -0.2) is 91.1 Å². The maximum Gasteiger partial charge on any atom is 0.325 e. The quantitative estimate of drug-likeness (QED) is 0.174. The van der Waals surface area contributed by atoms with E-state index in [1.807, 2.05) is 62.1 Å². The number of carbonyl (C=O) groups excluding carboxylic acids is 1. The number of aliphatic hydroxyl groups is 2. The average molecular weight is 584 g/mol. The lowest BCUT2D eigenvalue weighted by Crippen LogP contribution is -2.55. The van der Waals surface area contributed by atoms with Crippen LogP contribution >= 0.6 is 0 Å². The van der Waals surface area contributed by atoms with Gasteiger partial charge in [0.15, 0.2) is 0 Å². The maximum atomic E-state index is 12.0. The first-order valence-corrected chi connectivity index (χ1v) is 14.7. The molecule has 232 valence electrons. The number of hydrogen-bond acceptors (Lipinski definition) is 10. The molecule has 0 radical (unpaired) electrons. The number of esters is 1. The highest BCUT2D eigenvalue weighted by Gasteiger charge is 2.21. The minimum absolute atomic E-state index is 0.0568. The van der Waals surface area contributed by atoms with Crippen molar-refractivity contribution < 1.29 is 24.5 Å². The van der Waals surface area contributed by atoms with Crippen LogP contribution in [0.1, 0.15) is 51.7 Å². The van der Waals surface area contributed by atoms with E-state index in [1.54, 1.807) is 13.8 Å². The van der Waals surface area contributed by atoms with Crippen molar-refractivity contribution in [1.29, 1.82) is 0 Å². The number of carbonyl (C=O) groups is 1. The van der Waals surface area contributed by atoms with Crippen LogP contribution in [0.2, 0.25) is 0 Å². The second-order valence-electron chi connectivity index (χ2n) is 12.0. The number of nitrogens with one attached hydrogen (secondary N) is 4. The molecule has 0 spiro atoms. The fourth-order valence-corrected chi connectivity index (χ4v) is 4.73. The second-order valence-corrected chi connectivity index (χ2v) is 12.0. The van der Waals surface area contributed by atoms with Crippen LogP contribution in [0.3, 0.4) is 0 Å². The highest BCUT2D eigenvalue weighted by atomic mass is 16.6. The standard InChI is InChI=1S/C32H49N5O5/c1-22(38)20-37(21-23(2)39)15-16-41-29-13-11-28(12-14-29)36-31-34-17-27(18-35-31)26-9-7-25(8-10-26)24(3)33-19-30(40)42-32(4,5)6/h7-14,22-23,27,31,33-36,38-39H,3,15-21H2,1-2,4-6H3. The molecule has 0 aromatic heterocycles. The van der Waals surface area contributed by atoms with Crippen molar-refractivity contribution in [2.45, 2.75) is 64.6 Å². The van der Waals surface area contributed by atoms with Crippen LogP contribution in [0, 0.1) is 0 Å². The van der Waals surface area contributed by atoms with Crippen molar-refractivity contribution in [1.82, 2.24) is 20.9 Å². The molecule has 0 bridgehead atoms. The Kier molecular flexibility index (Phi) is 12.6. The monoisotopic (exact) mass is 583 g/mol. The number of ether oxygens (including phenoxy) is 2. The average Bonchev–Trinajstić information content (AvgIpc) is 2.91. The molecule has 2 atom stereocenters. The molecule has 42 heavy (non-hydrogen) atoms. The van der Waals surface area contributed by atoms with Crippen LogP contribution < -0.4 is 26.0 Å². The Bertz CT molecular complexity index is 1100. The Morgan fingerprint density at radius 2 is 1.62 bits per heavy atom. The molecule has 2 aromatic carbocycles. The second kappa shape index (κ2) is 15.9. The van der Waals surface area contributed by atoms with E-state index in [-0.39, 0.29) is 18.8 Å². The number of rotatable bonds is 15. The number of nitrogens with zero attached hydrogens (tertiary/aromatic N) is 1. The van der Waals surface area contributed by atoms with Gasteiger partial charge in [-0.3, -0.25) is 20.3 Å². The van der Waals surface area contributed by atoms with Crippen molar-refractivity contribution >= 4 is 17.4 Å². The van der Waals surface area contributed by atoms with E-state index in [9.17, 15) is 15.0 Å². The molecule has 1 aliphatic heterocycles. The van der Waals surface area contributed by atoms with Gasteiger partial charge in [0, 0.05) is 50.0 Å². The van der Waals surface area contributed by atoms with Gasteiger partial charge >= 0.3 is 5.97 Å². The van der Waals surface area contributed by atoms with Crippen LogP contribution in [0.5, 0.6) is 5.75 Å². The SMILES string of the molecule is C=C(NCC(=O)OC(C)(C)C)c1ccc(C2CNC(Nc3ccc(OCCN(CC(C)O)CC(C)O)cc3)NC2)cc1. The topological polar surface area (TPSA) is 127 Å². The first-order chi connectivity index (χ1) is 19.9. The van der Waals surface area contributed by atoms with Gasteiger partial charge in [0.05, 0.1) is 12.2 Å². The van der Waals surface area contributed by atoms with E-state index in [2.05, 4.69) is 40.0 Å². The van der Waals surface area contributed by atoms with Crippen molar-refractivity contribution in [2.75, 3.05) is 51.2 Å². The third-order valence-electron chi connectivity index (χ3n) is 6.62. The predicted molar refractivity (Wildman–Crippen MR) is 167 cm³/mol.